The number of nitrogens with one attached hydrogen (secondary N) is 1. The number of aromatic nitrogens is 1. The van der Waals surface area contributed by atoms with Gasteiger partial charge >= 0.3 is 0 Å². The van der Waals surface area contributed by atoms with E-state index < -0.39 is 10.0 Å². The number of nitrogens with zero attached hydrogens (tertiary/aromatic N) is 3. The van der Waals surface area contributed by atoms with Crippen LogP contribution in [0.5, 0.6) is 5.75 Å². The van der Waals surface area contributed by atoms with Gasteiger partial charge < -0.3 is 15.0 Å². The Morgan fingerprint density at radius 1 is 1.30 bits per heavy atom. The van der Waals surface area contributed by atoms with Gasteiger partial charge in [0.2, 0.25) is 10.0 Å². The molecule has 144 valence electrons. The van der Waals surface area contributed by atoms with E-state index >= 15 is 0 Å². The Bertz CT molecular complexity index is 960. The van der Waals surface area contributed by atoms with Crippen LogP contribution in [0.2, 0.25) is 0 Å². The molecule has 1 amide bonds. The standard InChI is InChI=1S/C18H22N4O4S/c1-21(2)17-14(6-4-9-19-17)18(23)20-13-7-8-15(16(12-13)26-3)22-10-5-11-27(22,24)25/h4,6-9,12H,5,10-11H2,1-3H3,(H,20,23). The highest BCUT2D eigenvalue weighted by atomic mass is 32.2. The molecule has 1 aromatic heterocycles. The van der Waals surface area contributed by atoms with Crippen LogP contribution >= 0.6 is 0 Å². The zero-order valence-electron chi connectivity index (χ0n) is 15.5. The third kappa shape index (κ3) is 3.82. The molecule has 0 radical (unpaired) electrons. The van der Waals surface area contributed by atoms with Gasteiger partial charge in [-0.3, -0.25) is 9.10 Å². The normalized spacial score (nSPS) is 15.4. The first-order valence-electron chi connectivity index (χ1n) is 8.45. The van der Waals surface area contributed by atoms with E-state index in [0.717, 1.165) is 0 Å². The number of amides is 1. The fourth-order valence-corrected chi connectivity index (χ4v) is 4.57. The predicted octanol–water partition coefficient (Wildman–Crippen LogP) is 1.95. The summed E-state index contributed by atoms with van der Waals surface area (Å²) in [7, 11) is 1.78. The number of rotatable bonds is 5. The van der Waals surface area contributed by atoms with E-state index in [1.807, 2.05) is 14.1 Å². The zero-order chi connectivity index (χ0) is 19.6. The van der Waals surface area contributed by atoms with Crippen LogP contribution < -0.4 is 19.3 Å². The Labute approximate surface area is 158 Å². The van der Waals surface area contributed by atoms with E-state index in [1.54, 1.807) is 41.4 Å². The van der Waals surface area contributed by atoms with Gasteiger partial charge in [0.25, 0.3) is 5.91 Å². The molecular formula is C18H22N4O4S. The largest absolute Gasteiger partial charge is 0.494 e. The van der Waals surface area contributed by atoms with Crippen LogP contribution in [0.25, 0.3) is 0 Å². The van der Waals surface area contributed by atoms with Crippen molar-refractivity contribution in [2.45, 2.75) is 6.42 Å². The van der Waals surface area contributed by atoms with E-state index in [4.69, 9.17) is 4.74 Å². The zero-order valence-corrected chi connectivity index (χ0v) is 16.3. The fourth-order valence-electron chi connectivity index (χ4n) is 3.00. The van der Waals surface area contributed by atoms with Crippen molar-refractivity contribution in [2.24, 2.45) is 0 Å². The summed E-state index contributed by atoms with van der Waals surface area (Å²) in [5, 5.41) is 2.81. The number of carbonyl (C=O) groups excluding carboxylic acids is 1. The summed E-state index contributed by atoms with van der Waals surface area (Å²) in [6.45, 7) is 0.423. The van der Waals surface area contributed by atoms with Crippen molar-refractivity contribution in [3.63, 3.8) is 0 Å². The molecule has 8 nitrogen and oxygen atoms in total. The van der Waals surface area contributed by atoms with Crippen LogP contribution in [0.1, 0.15) is 16.8 Å². The van der Waals surface area contributed by atoms with Gasteiger partial charge in [-0.2, -0.15) is 0 Å². The van der Waals surface area contributed by atoms with E-state index in [9.17, 15) is 13.2 Å². The van der Waals surface area contributed by atoms with Gasteiger partial charge in [-0.25, -0.2) is 13.4 Å². The second kappa shape index (κ2) is 7.43. The van der Waals surface area contributed by atoms with Crippen LogP contribution in [0.15, 0.2) is 36.5 Å². The minimum absolute atomic E-state index is 0.128. The maximum Gasteiger partial charge on any atom is 0.259 e. The van der Waals surface area contributed by atoms with Crippen molar-refractivity contribution in [1.29, 1.82) is 0 Å². The molecule has 1 saturated heterocycles. The number of anilines is 3. The van der Waals surface area contributed by atoms with Crippen molar-refractivity contribution < 1.29 is 17.9 Å². The lowest BCUT2D eigenvalue weighted by atomic mass is 10.2. The summed E-state index contributed by atoms with van der Waals surface area (Å²) in [4.78, 5) is 18.6. The molecule has 0 spiro atoms. The second-order valence-electron chi connectivity index (χ2n) is 6.35. The molecule has 1 fully saturated rings. The molecule has 1 aliphatic rings. The SMILES string of the molecule is COc1cc(NC(=O)c2cccnc2N(C)C)ccc1N1CCCS1(=O)=O. The van der Waals surface area contributed by atoms with Gasteiger partial charge in [0.15, 0.2) is 0 Å². The van der Waals surface area contributed by atoms with Gasteiger partial charge in [-0.1, -0.05) is 0 Å². The molecule has 2 heterocycles. The molecule has 1 aliphatic heterocycles. The molecule has 0 bridgehead atoms. The summed E-state index contributed by atoms with van der Waals surface area (Å²) < 4.78 is 31.0. The van der Waals surface area contributed by atoms with Crippen LogP contribution in [0, 0.1) is 0 Å². The molecule has 27 heavy (non-hydrogen) atoms. The summed E-state index contributed by atoms with van der Waals surface area (Å²) in [5.41, 5.74) is 1.42. The van der Waals surface area contributed by atoms with E-state index in [2.05, 4.69) is 10.3 Å². The van der Waals surface area contributed by atoms with E-state index in [-0.39, 0.29) is 11.7 Å². The predicted molar refractivity (Wildman–Crippen MR) is 105 cm³/mol. The van der Waals surface area contributed by atoms with Gasteiger partial charge in [0.05, 0.1) is 24.1 Å². The fraction of sp³-hybridized carbons (Fsp3) is 0.333. The van der Waals surface area contributed by atoms with Crippen molar-refractivity contribution >= 4 is 33.1 Å². The van der Waals surface area contributed by atoms with Crippen molar-refractivity contribution in [3.8, 4) is 5.75 Å². The molecular weight excluding hydrogens is 368 g/mol. The van der Waals surface area contributed by atoms with Gasteiger partial charge in [-0.15, -0.1) is 0 Å². The smallest absolute Gasteiger partial charge is 0.259 e. The van der Waals surface area contributed by atoms with Crippen molar-refractivity contribution in [2.75, 3.05) is 48.0 Å². The highest BCUT2D eigenvalue weighted by Gasteiger charge is 2.30. The lowest BCUT2D eigenvalue weighted by molar-refractivity contribution is 0.102. The molecule has 9 heteroatoms. The molecule has 0 saturated carbocycles. The molecule has 3 rings (SSSR count). The van der Waals surface area contributed by atoms with Crippen LogP contribution in [-0.4, -0.2) is 52.8 Å². The van der Waals surface area contributed by atoms with Gasteiger partial charge in [-0.05, 0) is 30.7 Å². The highest BCUT2D eigenvalue weighted by Crippen LogP contribution is 2.35. The van der Waals surface area contributed by atoms with E-state index in [0.29, 0.717) is 41.5 Å². The molecule has 1 N–H and O–H groups in total. The first-order chi connectivity index (χ1) is 12.8. The van der Waals surface area contributed by atoms with Gasteiger partial charge in [0.1, 0.15) is 11.6 Å². The lowest BCUT2D eigenvalue weighted by Crippen LogP contribution is -2.25. The molecule has 0 unspecified atom stereocenters. The van der Waals surface area contributed by atoms with Crippen LogP contribution in [-0.2, 0) is 10.0 Å². The summed E-state index contributed by atoms with van der Waals surface area (Å²) in [6, 6.07) is 8.32. The quantitative estimate of drug-likeness (QED) is 0.839. The lowest BCUT2D eigenvalue weighted by Gasteiger charge is -2.20. The molecule has 0 aliphatic carbocycles. The molecule has 1 aromatic carbocycles. The number of hydrogen-bond donors (Lipinski definition) is 1. The minimum atomic E-state index is -3.31. The summed E-state index contributed by atoms with van der Waals surface area (Å²) >= 11 is 0. The number of pyridine rings is 1. The Balaban J connectivity index is 1.88. The van der Waals surface area contributed by atoms with Crippen molar-refractivity contribution in [1.82, 2.24) is 4.98 Å². The first-order valence-corrected chi connectivity index (χ1v) is 10.1. The van der Waals surface area contributed by atoms with Crippen LogP contribution in [0.3, 0.4) is 0 Å². The number of ether oxygens (including phenoxy) is 1. The van der Waals surface area contributed by atoms with Crippen LogP contribution in [0.4, 0.5) is 17.2 Å². The van der Waals surface area contributed by atoms with E-state index in [1.165, 1.54) is 11.4 Å². The average molecular weight is 390 g/mol. The summed E-state index contributed by atoms with van der Waals surface area (Å²) in [5.74, 6) is 0.762. The Kier molecular flexibility index (Phi) is 5.22. The maximum absolute atomic E-state index is 12.7. The number of hydrogen-bond acceptors (Lipinski definition) is 6. The monoisotopic (exact) mass is 390 g/mol. The second-order valence-corrected chi connectivity index (χ2v) is 8.36. The number of benzene rings is 1. The molecule has 2 aromatic rings. The average Bonchev–Trinajstić information content (AvgIpc) is 3.00. The minimum Gasteiger partial charge on any atom is -0.494 e. The Morgan fingerprint density at radius 3 is 2.70 bits per heavy atom. The molecule has 0 atom stereocenters. The topological polar surface area (TPSA) is 91.8 Å². The Hall–Kier alpha value is -2.81. The summed E-state index contributed by atoms with van der Waals surface area (Å²) in [6.07, 6.45) is 2.21. The van der Waals surface area contributed by atoms with Gasteiger partial charge in [0, 0.05) is 38.6 Å². The van der Waals surface area contributed by atoms with Crippen molar-refractivity contribution in [3.05, 3.63) is 42.1 Å². The maximum atomic E-state index is 12.7. The first kappa shape index (κ1) is 19.0. The number of sulfonamides is 1. The third-order valence-corrected chi connectivity index (χ3v) is 6.12. The Morgan fingerprint density at radius 2 is 2.07 bits per heavy atom. The number of carbonyl (C=O) groups is 1. The third-order valence-electron chi connectivity index (χ3n) is 4.26. The highest BCUT2D eigenvalue weighted by molar-refractivity contribution is 7.93. The number of methoxy groups -OCH3 is 1.